The predicted molar refractivity (Wildman–Crippen MR) is 94.7 cm³/mol. The summed E-state index contributed by atoms with van der Waals surface area (Å²) < 4.78 is 5.33. The van der Waals surface area contributed by atoms with Gasteiger partial charge in [0.1, 0.15) is 0 Å². The number of thiazole rings is 1. The van der Waals surface area contributed by atoms with E-state index in [9.17, 15) is 4.79 Å². The van der Waals surface area contributed by atoms with E-state index in [1.165, 1.54) is 0 Å². The number of carbonyl (C=O) groups is 1. The number of amides is 1. The molecule has 0 bridgehead atoms. The molecule has 23 heavy (non-hydrogen) atoms. The number of nitrogens with one attached hydrogen (secondary N) is 1. The molecule has 0 aliphatic carbocycles. The molecule has 0 saturated carbocycles. The molecule has 128 valence electrons. The summed E-state index contributed by atoms with van der Waals surface area (Å²) in [5.41, 5.74) is 0.0473. The van der Waals surface area contributed by atoms with Crippen molar-refractivity contribution in [3.8, 4) is 0 Å². The second-order valence-electron chi connectivity index (χ2n) is 6.97. The smallest absolute Gasteiger partial charge is 0.244 e. The van der Waals surface area contributed by atoms with Gasteiger partial charge in [-0.3, -0.25) is 9.69 Å². The summed E-state index contributed by atoms with van der Waals surface area (Å²) in [6, 6.07) is 0.122. The van der Waals surface area contributed by atoms with Crippen molar-refractivity contribution in [2.75, 3.05) is 32.8 Å². The minimum absolute atomic E-state index is 0.0473. The largest absolute Gasteiger partial charge is 0.379 e. The number of rotatable bonds is 5. The number of hydrogen-bond acceptors (Lipinski definition) is 5. The molecule has 1 aromatic rings. The predicted octanol–water partition coefficient (Wildman–Crippen LogP) is 2.29. The zero-order chi connectivity index (χ0) is 16.9. The number of hydrogen-bond donors (Lipinski definition) is 1. The first-order chi connectivity index (χ1) is 10.8. The van der Waals surface area contributed by atoms with Crippen molar-refractivity contribution >= 4 is 23.3 Å². The molecule has 1 aliphatic rings. The molecule has 1 fully saturated rings. The Labute approximate surface area is 142 Å². The quantitative estimate of drug-likeness (QED) is 0.838. The van der Waals surface area contributed by atoms with Gasteiger partial charge in [-0.05, 0) is 13.0 Å². The van der Waals surface area contributed by atoms with Crippen molar-refractivity contribution in [3.63, 3.8) is 0 Å². The monoisotopic (exact) mass is 337 g/mol. The lowest BCUT2D eigenvalue weighted by Crippen LogP contribution is -2.45. The zero-order valence-corrected chi connectivity index (χ0v) is 15.3. The lowest BCUT2D eigenvalue weighted by molar-refractivity contribution is -0.117. The maximum atomic E-state index is 12.0. The molecule has 0 aromatic carbocycles. The van der Waals surface area contributed by atoms with E-state index in [0.717, 1.165) is 42.7 Å². The first-order valence-corrected chi connectivity index (χ1v) is 8.91. The van der Waals surface area contributed by atoms with Crippen LogP contribution in [-0.2, 0) is 14.9 Å². The third-order valence-electron chi connectivity index (χ3n) is 3.59. The van der Waals surface area contributed by atoms with Gasteiger partial charge in [0.25, 0.3) is 0 Å². The zero-order valence-electron chi connectivity index (χ0n) is 14.5. The molecular weight excluding hydrogens is 310 g/mol. The highest BCUT2D eigenvalue weighted by Gasteiger charge is 2.17. The number of aromatic nitrogens is 1. The van der Waals surface area contributed by atoms with Crippen LogP contribution in [0, 0.1) is 0 Å². The fraction of sp³-hybridized carbons (Fsp3) is 0.647. The molecule has 5 nitrogen and oxygen atoms in total. The number of morpholine rings is 1. The van der Waals surface area contributed by atoms with Gasteiger partial charge in [-0.1, -0.05) is 20.8 Å². The summed E-state index contributed by atoms with van der Waals surface area (Å²) in [5.74, 6) is -0.0588. The normalized spacial score (nSPS) is 18.3. The highest BCUT2D eigenvalue weighted by molar-refractivity contribution is 7.12. The van der Waals surface area contributed by atoms with Gasteiger partial charge in [0, 0.05) is 48.2 Å². The van der Waals surface area contributed by atoms with Crippen LogP contribution in [0.4, 0.5) is 0 Å². The minimum Gasteiger partial charge on any atom is -0.379 e. The van der Waals surface area contributed by atoms with Crippen LogP contribution in [-0.4, -0.2) is 54.7 Å². The van der Waals surface area contributed by atoms with Gasteiger partial charge in [0.15, 0.2) is 0 Å². The Hall–Kier alpha value is -1.24. The van der Waals surface area contributed by atoms with E-state index in [-0.39, 0.29) is 17.4 Å². The van der Waals surface area contributed by atoms with Crippen LogP contribution in [0.5, 0.6) is 0 Å². The van der Waals surface area contributed by atoms with E-state index >= 15 is 0 Å². The molecule has 0 spiro atoms. The average molecular weight is 337 g/mol. The van der Waals surface area contributed by atoms with Gasteiger partial charge in [-0.2, -0.15) is 0 Å². The van der Waals surface area contributed by atoms with Crippen LogP contribution in [0.1, 0.15) is 37.6 Å². The summed E-state index contributed by atoms with van der Waals surface area (Å²) in [7, 11) is 0. The molecular formula is C17H27N3O2S. The van der Waals surface area contributed by atoms with Crippen molar-refractivity contribution in [1.29, 1.82) is 0 Å². The van der Waals surface area contributed by atoms with Crippen molar-refractivity contribution in [3.05, 3.63) is 22.2 Å². The van der Waals surface area contributed by atoms with Gasteiger partial charge in [0.2, 0.25) is 5.91 Å². The van der Waals surface area contributed by atoms with Crippen LogP contribution in [0.25, 0.3) is 6.08 Å². The van der Waals surface area contributed by atoms with E-state index in [1.54, 1.807) is 17.4 Å². The molecule has 6 heteroatoms. The number of ether oxygens (including phenoxy) is 1. The van der Waals surface area contributed by atoms with Crippen LogP contribution in [0.2, 0.25) is 0 Å². The fourth-order valence-electron chi connectivity index (χ4n) is 2.38. The van der Waals surface area contributed by atoms with Gasteiger partial charge in [0.05, 0.1) is 18.2 Å². The highest BCUT2D eigenvalue weighted by Crippen LogP contribution is 2.27. The summed E-state index contributed by atoms with van der Waals surface area (Å²) in [6.07, 6.45) is 5.26. The van der Waals surface area contributed by atoms with Crippen molar-refractivity contribution < 1.29 is 9.53 Å². The molecule has 0 unspecified atom stereocenters. The maximum absolute atomic E-state index is 12.0. The Kier molecular flexibility index (Phi) is 6.33. The van der Waals surface area contributed by atoms with Crippen molar-refractivity contribution in [1.82, 2.24) is 15.2 Å². The molecule has 2 heterocycles. The van der Waals surface area contributed by atoms with Crippen LogP contribution in [0.3, 0.4) is 0 Å². The molecule has 1 amide bonds. The standard InChI is InChI=1S/C17H27N3O2S/c1-13(12-20-7-9-22-10-8-20)19-15(21)6-5-14-11-18-16(23-14)17(2,3)4/h5-6,11,13H,7-10,12H2,1-4H3,(H,19,21)/b6-5-/t13-/m1/s1. The van der Waals surface area contributed by atoms with E-state index < -0.39 is 0 Å². The Bertz CT molecular complexity index is 542. The Balaban J connectivity index is 1.80. The highest BCUT2D eigenvalue weighted by atomic mass is 32.1. The van der Waals surface area contributed by atoms with E-state index in [2.05, 4.69) is 36.0 Å². The van der Waals surface area contributed by atoms with E-state index in [1.807, 2.05) is 19.2 Å². The van der Waals surface area contributed by atoms with Crippen molar-refractivity contribution in [2.45, 2.75) is 39.2 Å². The first kappa shape index (κ1) is 18.1. The number of nitrogens with zero attached hydrogens (tertiary/aromatic N) is 2. The molecule has 1 aromatic heterocycles. The lowest BCUT2D eigenvalue weighted by atomic mass is 9.98. The fourth-order valence-corrected chi connectivity index (χ4v) is 3.25. The molecule has 1 N–H and O–H groups in total. The Morgan fingerprint density at radius 3 is 2.78 bits per heavy atom. The second-order valence-corrected chi connectivity index (χ2v) is 8.04. The van der Waals surface area contributed by atoms with Crippen LogP contribution in [0.15, 0.2) is 12.3 Å². The first-order valence-electron chi connectivity index (χ1n) is 8.09. The van der Waals surface area contributed by atoms with Crippen LogP contribution >= 0.6 is 11.3 Å². The molecule has 2 rings (SSSR count). The van der Waals surface area contributed by atoms with Gasteiger partial charge < -0.3 is 10.1 Å². The number of carbonyl (C=O) groups excluding carboxylic acids is 1. The third-order valence-corrected chi connectivity index (χ3v) is 4.98. The van der Waals surface area contributed by atoms with Crippen LogP contribution < -0.4 is 5.32 Å². The molecule has 1 aliphatic heterocycles. The minimum atomic E-state index is -0.0588. The second kappa shape index (κ2) is 8.04. The van der Waals surface area contributed by atoms with Gasteiger partial charge >= 0.3 is 0 Å². The van der Waals surface area contributed by atoms with Gasteiger partial charge in [-0.25, -0.2) is 4.98 Å². The topological polar surface area (TPSA) is 54.5 Å². The average Bonchev–Trinajstić information content (AvgIpc) is 2.95. The summed E-state index contributed by atoms with van der Waals surface area (Å²) in [4.78, 5) is 19.8. The van der Waals surface area contributed by atoms with Gasteiger partial charge in [-0.15, -0.1) is 11.3 Å². The van der Waals surface area contributed by atoms with Crippen molar-refractivity contribution in [2.24, 2.45) is 0 Å². The van der Waals surface area contributed by atoms with E-state index in [0.29, 0.717) is 0 Å². The summed E-state index contributed by atoms with van der Waals surface area (Å²) in [5, 5.41) is 4.09. The Morgan fingerprint density at radius 1 is 1.48 bits per heavy atom. The SMILES string of the molecule is C[C@H](CN1CCOCC1)NC(=O)/C=C\c1cnc(C(C)(C)C)s1. The molecule has 0 radical (unpaired) electrons. The molecule has 1 atom stereocenters. The molecule has 1 saturated heterocycles. The summed E-state index contributed by atoms with van der Waals surface area (Å²) >= 11 is 1.63. The van der Waals surface area contributed by atoms with E-state index in [4.69, 9.17) is 4.74 Å². The lowest BCUT2D eigenvalue weighted by Gasteiger charge is -2.29. The third kappa shape index (κ3) is 6.05. The maximum Gasteiger partial charge on any atom is 0.244 e. The summed E-state index contributed by atoms with van der Waals surface area (Å²) in [6.45, 7) is 12.7. The Morgan fingerprint density at radius 2 is 2.17 bits per heavy atom.